The van der Waals surface area contributed by atoms with Crippen molar-refractivity contribution in [3.63, 3.8) is 0 Å². The van der Waals surface area contributed by atoms with Crippen molar-refractivity contribution in [2.24, 2.45) is 0 Å². The van der Waals surface area contributed by atoms with Crippen LogP contribution in [-0.2, 0) is 12.8 Å². The van der Waals surface area contributed by atoms with Crippen LogP contribution in [0.15, 0.2) is 60.7 Å². The fourth-order valence-electron chi connectivity index (χ4n) is 2.73. The van der Waals surface area contributed by atoms with E-state index in [2.05, 4.69) is 82.9 Å². The number of benzene rings is 2. The maximum atomic E-state index is 4.60. The second-order valence-electron chi connectivity index (χ2n) is 6.02. The van der Waals surface area contributed by atoms with Crippen molar-refractivity contribution in [1.29, 1.82) is 0 Å². The summed E-state index contributed by atoms with van der Waals surface area (Å²) in [4.78, 5) is 9.20. The van der Waals surface area contributed by atoms with E-state index in [4.69, 9.17) is 0 Å². The van der Waals surface area contributed by atoms with Crippen LogP contribution in [0, 0.1) is 6.92 Å². The van der Waals surface area contributed by atoms with Crippen LogP contribution in [-0.4, -0.2) is 17.0 Å². The van der Waals surface area contributed by atoms with Gasteiger partial charge in [-0.15, -0.1) is 0 Å². The predicted molar refractivity (Wildman–Crippen MR) is 100 cm³/mol. The van der Waals surface area contributed by atoms with Crippen LogP contribution in [0.25, 0.3) is 11.3 Å². The summed E-state index contributed by atoms with van der Waals surface area (Å²) in [6, 6.07) is 21.2. The summed E-state index contributed by atoms with van der Waals surface area (Å²) in [5.74, 6) is 0.683. The summed E-state index contributed by atoms with van der Waals surface area (Å²) in [6.45, 7) is 2.10. The molecule has 1 aromatic heterocycles. The van der Waals surface area contributed by atoms with Crippen molar-refractivity contribution in [2.75, 3.05) is 12.4 Å². The van der Waals surface area contributed by atoms with Crippen molar-refractivity contribution >= 4 is 5.95 Å². The fourth-order valence-corrected chi connectivity index (χ4v) is 2.73. The zero-order valence-corrected chi connectivity index (χ0v) is 14.3. The molecule has 0 atom stereocenters. The van der Waals surface area contributed by atoms with Gasteiger partial charge in [0.1, 0.15) is 0 Å². The largest absolute Gasteiger partial charge is 0.357 e. The molecule has 0 bridgehead atoms. The number of nitrogens with zero attached hydrogens (tertiary/aromatic N) is 2. The molecule has 0 aliphatic rings. The number of anilines is 1. The van der Waals surface area contributed by atoms with Gasteiger partial charge in [-0.05, 0) is 37.8 Å². The summed E-state index contributed by atoms with van der Waals surface area (Å²) in [7, 11) is 1.86. The molecule has 0 saturated heterocycles. The third-order valence-corrected chi connectivity index (χ3v) is 4.09. The summed E-state index contributed by atoms with van der Waals surface area (Å²) in [5, 5.41) is 3.07. The molecule has 3 aromatic rings. The Bertz CT molecular complexity index is 780. The smallest absolute Gasteiger partial charge is 0.223 e. The molecule has 0 radical (unpaired) electrons. The molecule has 1 N–H and O–H groups in total. The van der Waals surface area contributed by atoms with Crippen molar-refractivity contribution < 1.29 is 0 Å². The highest BCUT2D eigenvalue weighted by Gasteiger charge is 2.06. The van der Waals surface area contributed by atoms with E-state index in [1.54, 1.807) is 0 Å². The highest BCUT2D eigenvalue weighted by molar-refractivity contribution is 5.61. The third kappa shape index (κ3) is 4.19. The Morgan fingerprint density at radius 3 is 2.33 bits per heavy atom. The fraction of sp³-hybridized carbons (Fsp3) is 0.238. The minimum Gasteiger partial charge on any atom is -0.357 e. The molecule has 0 amide bonds. The van der Waals surface area contributed by atoms with Gasteiger partial charge in [0.05, 0.1) is 5.69 Å². The molecule has 3 rings (SSSR count). The van der Waals surface area contributed by atoms with Crippen molar-refractivity contribution in [2.45, 2.75) is 26.2 Å². The highest BCUT2D eigenvalue weighted by atomic mass is 15.1. The highest BCUT2D eigenvalue weighted by Crippen LogP contribution is 2.20. The Hall–Kier alpha value is -2.68. The lowest BCUT2D eigenvalue weighted by Gasteiger charge is -2.08. The lowest BCUT2D eigenvalue weighted by Crippen LogP contribution is -2.02. The van der Waals surface area contributed by atoms with Gasteiger partial charge in [0.2, 0.25) is 5.95 Å². The third-order valence-electron chi connectivity index (χ3n) is 4.09. The SMILES string of the molecule is CNc1nc(CCCc2ccccc2)cc(-c2ccc(C)cc2)n1. The monoisotopic (exact) mass is 317 g/mol. The van der Waals surface area contributed by atoms with Crippen molar-refractivity contribution in [3.8, 4) is 11.3 Å². The van der Waals surface area contributed by atoms with Gasteiger partial charge in [0.25, 0.3) is 0 Å². The number of nitrogens with one attached hydrogen (secondary N) is 1. The first-order valence-electron chi connectivity index (χ1n) is 8.41. The Kier molecular flexibility index (Phi) is 5.22. The molecular weight excluding hydrogens is 294 g/mol. The van der Waals surface area contributed by atoms with Gasteiger partial charge in [-0.1, -0.05) is 60.2 Å². The lowest BCUT2D eigenvalue weighted by atomic mass is 10.1. The minimum absolute atomic E-state index is 0.683. The van der Waals surface area contributed by atoms with Gasteiger partial charge in [0, 0.05) is 18.3 Å². The number of hydrogen-bond donors (Lipinski definition) is 1. The normalized spacial score (nSPS) is 10.6. The molecule has 24 heavy (non-hydrogen) atoms. The minimum atomic E-state index is 0.683. The van der Waals surface area contributed by atoms with Crippen LogP contribution in [0.2, 0.25) is 0 Å². The molecule has 2 aromatic carbocycles. The van der Waals surface area contributed by atoms with Gasteiger partial charge < -0.3 is 5.32 Å². The van der Waals surface area contributed by atoms with Crippen LogP contribution in [0.4, 0.5) is 5.95 Å². The van der Waals surface area contributed by atoms with Crippen molar-refractivity contribution in [3.05, 3.63) is 77.5 Å². The van der Waals surface area contributed by atoms with Crippen LogP contribution < -0.4 is 5.32 Å². The number of aromatic nitrogens is 2. The Balaban J connectivity index is 1.75. The molecule has 0 spiro atoms. The molecule has 0 unspecified atom stereocenters. The molecular formula is C21H23N3. The van der Waals surface area contributed by atoms with Crippen LogP contribution in [0.1, 0.15) is 23.2 Å². The molecule has 122 valence electrons. The van der Waals surface area contributed by atoms with Gasteiger partial charge >= 0.3 is 0 Å². The van der Waals surface area contributed by atoms with E-state index in [9.17, 15) is 0 Å². The van der Waals surface area contributed by atoms with E-state index in [-0.39, 0.29) is 0 Å². The second-order valence-corrected chi connectivity index (χ2v) is 6.02. The van der Waals surface area contributed by atoms with E-state index in [0.717, 1.165) is 36.2 Å². The number of hydrogen-bond acceptors (Lipinski definition) is 3. The first-order valence-corrected chi connectivity index (χ1v) is 8.41. The zero-order chi connectivity index (χ0) is 16.8. The van der Waals surface area contributed by atoms with Crippen LogP contribution in [0.5, 0.6) is 0 Å². The maximum absolute atomic E-state index is 4.60. The molecule has 0 aliphatic carbocycles. The Morgan fingerprint density at radius 1 is 0.875 bits per heavy atom. The molecule has 0 fully saturated rings. The molecule has 1 heterocycles. The number of aryl methyl sites for hydroxylation is 3. The van der Waals surface area contributed by atoms with Gasteiger partial charge in [0.15, 0.2) is 0 Å². The van der Waals surface area contributed by atoms with E-state index in [1.165, 1.54) is 11.1 Å². The standard InChI is InChI=1S/C21H23N3/c1-16-11-13-18(14-12-16)20-15-19(23-21(22-2)24-20)10-6-9-17-7-4-3-5-8-17/h3-5,7-8,11-15H,6,9-10H2,1-2H3,(H,22,23,24). The molecule has 3 nitrogen and oxygen atoms in total. The van der Waals surface area contributed by atoms with Crippen LogP contribution in [0.3, 0.4) is 0 Å². The van der Waals surface area contributed by atoms with E-state index >= 15 is 0 Å². The topological polar surface area (TPSA) is 37.8 Å². The summed E-state index contributed by atoms with van der Waals surface area (Å²) < 4.78 is 0. The van der Waals surface area contributed by atoms with Gasteiger partial charge in [-0.2, -0.15) is 0 Å². The summed E-state index contributed by atoms with van der Waals surface area (Å²) >= 11 is 0. The summed E-state index contributed by atoms with van der Waals surface area (Å²) in [6.07, 6.45) is 3.10. The number of rotatable bonds is 6. The second kappa shape index (κ2) is 7.73. The Morgan fingerprint density at radius 2 is 1.62 bits per heavy atom. The molecule has 3 heteroatoms. The van der Waals surface area contributed by atoms with Crippen LogP contribution >= 0.6 is 0 Å². The predicted octanol–water partition coefficient (Wildman–Crippen LogP) is 4.67. The average Bonchev–Trinajstić information content (AvgIpc) is 2.63. The quantitative estimate of drug-likeness (QED) is 0.718. The molecule has 0 aliphatic heterocycles. The van der Waals surface area contributed by atoms with E-state index < -0.39 is 0 Å². The van der Waals surface area contributed by atoms with E-state index in [0.29, 0.717) is 5.95 Å². The Labute approximate surface area is 143 Å². The molecule has 0 saturated carbocycles. The van der Waals surface area contributed by atoms with Gasteiger partial charge in [-0.3, -0.25) is 0 Å². The first kappa shape index (κ1) is 16.2. The van der Waals surface area contributed by atoms with E-state index in [1.807, 2.05) is 7.05 Å². The summed E-state index contributed by atoms with van der Waals surface area (Å²) in [5.41, 5.74) is 5.82. The zero-order valence-electron chi connectivity index (χ0n) is 14.3. The lowest BCUT2D eigenvalue weighted by molar-refractivity contribution is 0.796. The van der Waals surface area contributed by atoms with Gasteiger partial charge in [-0.25, -0.2) is 9.97 Å². The van der Waals surface area contributed by atoms with Crippen molar-refractivity contribution in [1.82, 2.24) is 9.97 Å². The maximum Gasteiger partial charge on any atom is 0.223 e. The average molecular weight is 317 g/mol. The first-order chi connectivity index (χ1) is 11.7.